The molecule has 32 heavy (non-hydrogen) atoms. The van der Waals surface area contributed by atoms with Crippen LogP contribution < -0.4 is 5.32 Å². The van der Waals surface area contributed by atoms with Crippen LogP contribution in [0.2, 0.25) is 5.02 Å². The number of halogens is 2. The van der Waals surface area contributed by atoms with E-state index >= 15 is 0 Å². The number of nitrogens with one attached hydrogen (secondary N) is 1. The van der Waals surface area contributed by atoms with Gasteiger partial charge >= 0.3 is 0 Å². The maximum absolute atomic E-state index is 13.6. The van der Waals surface area contributed by atoms with Gasteiger partial charge < -0.3 is 10.1 Å². The lowest BCUT2D eigenvalue weighted by molar-refractivity contribution is 0.0202. The first-order valence-electron chi connectivity index (χ1n) is 12.0. The van der Waals surface area contributed by atoms with Gasteiger partial charge in [0, 0.05) is 43.4 Å². The molecule has 0 amide bonds. The van der Waals surface area contributed by atoms with E-state index in [1.165, 1.54) is 63.7 Å². The van der Waals surface area contributed by atoms with Crippen LogP contribution >= 0.6 is 11.6 Å². The highest BCUT2D eigenvalue weighted by Crippen LogP contribution is 2.55. The Balaban J connectivity index is 1.06. The maximum Gasteiger partial charge on any atom is 0.148 e. The first kappa shape index (κ1) is 20.8. The fourth-order valence-corrected chi connectivity index (χ4v) is 6.80. The molecule has 170 valence electrons. The summed E-state index contributed by atoms with van der Waals surface area (Å²) in [6, 6.07) is 8.53. The molecule has 2 aliphatic heterocycles. The summed E-state index contributed by atoms with van der Waals surface area (Å²) in [6.07, 6.45) is 7.65. The zero-order chi connectivity index (χ0) is 21.7. The second-order valence-corrected chi connectivity index (χ2v) is 10.6. The van der Waals surface area contributed by atoms with Crippen molar-refractivity contribution >= 4 is 17.4 Å². The molecule has 6 rings (SSSR count). The Morgan fingerprint density at radius 2 is 1.78 bits per heavy atom. The molecular formula is C25H30ClFN4O. The summed E-state index contributed by atoms with van der Waals surface area (Å²) < 4.78 is 19.2. The lowest BCUT2D eigenvalue weighted by Crippen LogP contribution is -2.44. The predicted octanol–water partition coefficient (Wildman–Crippen LogP) is 5.02. The maximum atomic E-state index is 13.6. The molecule has 4 fully saturated rings. The number of hydrogen-bond acceptors (Lipinski definition) is 5. The topological polar surface area (TPSA) is 50.3 Å². The van der Waals surface area contributed by atoms with Gasteiger partial charge in [-0.1, -0.05) is 11.6 Å². The van der Waals surface area contributed by atoms with Crippen LogP contribution in [0.25, 0.3) is 11.3 Å². The summed E-state index contributed by atoms with van der Waals surface area (Å²) >= 11 is 6.20. The third-order valence-corrected chi connectivity index (χ3v) is 8.67. The van der Waals surface area contributed by atoms with Gasteiger partial charge in [-0.3, -0.25) is 4.90 Å². The predicted molar refractivity (Wildman–Crippen MR) is 123 cm³/mol. The molecule has 2 unspecified atom stereocenters. The van der Waals surface area contributed by atoms with E-state index in [4.69, 9.17) is 16.3 Å². The van der Waals surface area contributed by atoms with Crippen LogP contribution in [-0.2, 0) is 4.74 Å². The molecule has 5 nitrogen and oxygen atoms in total. The smallest absolute Gasteiger partial charge is 0.148 e. The van der Waals surface area contributed by atoms with E-state index in [0.717, 1.165) is 36.8 Å². The van der Waals surface area contributed by atoms with Crippen molar-refractivity contribution in [2.45, 2.75) is 50.1 Å². The van der Waals surface area contributed by atoms with Gasteiger partial charge in [0.15, 0.2) is 0 Å². The van der Waals surface area contributed by atoms with Gasteiger partial charge in [0.05, 0.1) is 10.7 Å². The van der Waals surface area contributed by atoms with E-state index in [1.807, 2.05) is 12.1 Å². The lowest BCUT2D eigenvalue weighted by Gasteiger charge is -2.38. The minimum Gasteiger partial charge on any atom is -0.381 e. The highest BCUT2D eigenvalue weighted by Gasteiger charge is 2.57. The van der Waals surface area contributed by atoms with Crippen LogP contribution in [0.4, 0.5) is 10.2 Å². The first-order valence-corrected chi connectivity index (χ1v) is 12.4. The Morgan fingerprint density at radius 3 is 2.44 bits per heavy atom. The molecule has 0 radical (unpaired) electrons. The first-order chi connectivity index (χ1) is 15.6. The molecular weight excluding hydrogens is 427 g/mol. The second kappa shape index (κ2) is 8.23. The number of likely N-dealkylation sites (tertiary alicyclic amines) is 1. The highest BCUT2D eigenvalue weighted by molar-refractivity contribution is 6.33. The molecule has 2 aliphatic carbocycles. The highest BCUT2D eigenvalue weighted by atomic mass is 35.5. The van der Waals surface area contributed by atoms with Crippen LogP contribution in [0.3, 0.4) is 0 Å². The van der Waals surface area contributed by atoms with Crippen molar-refractivity contribution in [1.82, 2.24) is 15.1 Å². The van der Waals surface area contributed by atoms with Crippen molar-refractivity contribution in [3.05, 3.63) is 41.2 Å². The van der Waals surface area contributed by atoms with Crippen LogP contribution in [0.15, 0.2) is 30.3 Å². The average molecular weight is 457 g/mol. The van der Waals surface area contributed by atoms with Gasteiger partial charge in [-0.05, 0) is 86.6 Å². The Labute approximate surface area is 193 Å². The van der Waals surface area contributed by atoms with Crippen molar-refractivity contribution in [2.24, 2.45) is 17.8 Å². The molecule has 0 spiro atoms. The van der Waals surface area contributed by atoms with Crippen molar-refractivity contribution in [1.29, 1.82) is 0 Å². The summed E-state index contributed by atoms with van der Waals surface area (Å²) in [7, 11) is 0. The van der Waals surface area contributed by atoms with E-state index in [-0.39, 0.29) is 5.82 Å². The summed E-state index contributed by atoms with van der Waals surface area (Å²) in [5, 5.41) is 12.7. The van der Waals surface area contributed by atoms with E-state index in [9.17, 15) is 4.39 Å². The molecule has 2 saturated carbocycles. The Morgan fingerprint density at radius 1 is 1.03 bits per heavy atom. The standard InChI is InChI=1S/C25H30ClFN4O/c26-22-2-1-19(27)13-21(22)23-3-4-24(30-29-23)28-20-11-16-14-31(15-17(16)12-20)25(7-8-25)18-5-9-32-10-6-18/h1-4,13,16-18,20H,5-12,14-15H2,(H,28,30). The van der Waals surface area contributed by atoms with E-state index in [1.54, 1.807) is 6.07 Å². The number of nitrogens with zero attached hydrogens (tertiary/aromatic N) is 3. The van der Waals surface area contributed by atoms with Crippen molar-refractivity contribution in [3.63, 3.8) is 0 Å². The fourth-order valence-electron chi connectivity index (χ4n) is 6.58. The van der Waals surface area contributed by atoms with Gasteiger partial charge in [0.2, 0.25) is 0 Å². The van der Waals surface area contributed by atoms with E-state index in [0.29, 0.717) is 27.9 Å². The minimum atomic E-state index is -0.329. The van der Waals surface area contributed by atoms with Crippen molar-refractivity contribution < 1.29 is 9.13 Å². The number of benzene rings is 1. The van der Waals surface area contributed by atoms with Crippen LogP contribution in [0.1, 0.15) is 38.5 Å². The fraction of sp³-hybridized carbons (Fsp3) is 0.600. The van der Waals surface area contributed by atoms with Gasteiger partial charge in [-0.25, -0.2) is 4.39 Å². The molecule has 1 N–H and O–H groups in total. The number of hydrogen-bond donors (Lipinski definition) is 1. The SMILES string of the molecule is Fc1ccc(Cl)c(-c2ccc(NC3CC4CN(C5(C6CCOCC6)CC5)CC4C3)nn2)c1. The average Bonchev–Trinajstić information content (AvgIpc) is 3.40. The van der Waals surface area contributed by atoms with Gasteiger partial charge in [-0.15, -0.1) is 10.2 Å². The number of rotatable bonds is 5. The normalized spacial score (nSPS) is 29.8. The van der Waals surface area contributed by atoms with Crippen molar-refractivity contribution in [2.75, 3.05) is 31.6 Å². The molecule has 4 aliphatic rings. The second-order valence-electron chi connectivity index (χ2n) is 10.2. The molecule has 7 heteroatoms. The quantitative estimate of drug-likeness (QED) is 0.684. The summed E-state index contributed by atoms with van der Waals surface area (Å²) in [5.74, 6) is 2.85. The largest absolute Gasteiger partial charge is 0.381 e. The minimum absolute atomic E-state index is 0.329. The Kier molecular flexibility index (Phi) is 5.35. The Hall–Kier alpha value is -1.76. The van der Waals surface area contributed by atoms with Crippen LogP contribution in [0.5, 0.6) is 0 Å². The third kappa shape index (κ3) is 3.80. The van der Waals surface area contributed by atoms with Crippen molar-refractivity contribution in [3.8, 4) is 11.3 Å². The molecule has 0 bridgehead atoms. The van der Waals surface area contributed by atoms with E-state index in [2.05, 4.69) is 20.4 Å². The van der Waals surface area contributed by atoms with Crippen LogP contribution in [-0.4, -0.2) is 53.0 Å². The monoisotopic (exact) mass is 456 g/mol. The number of aromatic nitrogens is 2. The Bertz CT molecular complexity index is 962. The number of fused-ring (bicyclic) bond motifs is 1. The van der Waals surface area contributed by atoms with Gasteiger partial charge in [0.1, 0.15) is 11.6 Å². The zero-order valence-electron chi connectivity index (χ0n) is 18.3. The summed E-state index contributed by atoms with van der Waals surface area (Å²) in [4.78, 5) is 2.85. The van der Waals surface area contributed by atoms with E-state index < -0.39 is 0 Å². The van der Waals surface area contributed by atoms with Crippen LogP contribution in [0, 0.1) is 23.6 Å². The molecule has 2 saturated heterocycles. The number of anilines is 1. The number of ether oxygens (including phenoxy) is 1. The van der Waals surface area contributed by atoms with Gasteiger partial charge in [-0.2, -0.15) is 0 Å². The molecule has 2 aromatic rings. The lowest BCUT2D eigenvalue weighted by atomic mass is 9.88. The summed E-state index contributed by atoms with van der Waals surface area (Å²) in [5.41, 5.74) is 1.65. The molecule has 3 heterocycles. The van der Waals surface area contributed by atoms with Gasteiger partial charge in [0.25, 0.3) is 0 Å². The zero-order valence-corrected chi connectivity index (χ0v) is 19.0. The molecule has 1 aromatic heterocycles. The third-order valence-electron chi connectivity index (χ3n) is 8.35. The summed E-state index contributed by atoms with van der Waals surface area (Å²) in [6.45, 7) is 4.40. The molecule has 1 aromatic carbocycles. The molecule has 2 atom stereocenters.